The van der Waals surface area contributed by atoms with Crippen molar-refractivity contribution in [2.75, 3.05) is 7.11 Å². The molecule has 0 spiro atoms. The average Bonchev–Trinajstić information content (AvgIpc) is 2.47. The van der Waals surface area contributed by atoms with Crippen molar-refractivity contribution in [3.8, 4) is 17.2 Å². The summed E-state index contributed by atoms with van der Waals surface area (Å²) < 4.78 is 11.3. The van der Waals surface area contributed by atoms with Crippen molar-refractivity contribution in [2.24, 2.45) is 0 Å². The molecular formula is C18H20O3. The number of hydrogen-bond donors (Lipinski definition) is 0. The fourth-order valence-electron chi connectivity index (χ4n) is 2.05. The Kier molecular flexibility index (Phi) is 4.32. The number of carbonyl (C=O) groups is 1. The summed E-state index contributed by atoms with van der Waals surface area (Å²) in [5.41, 5.74) is 1.64. The molecule has 0 aromatic heterocycles. The van der Waals surface area contributed by atoms with Crippen LogP contribution in [0.25, 0.3) is 0 Å². The Morgan fingerprint density at radius 2 is 1.57 bits per heavy atom. The molecule has 0 unspecified atom stereocenters. The molecule has 0 radical (unpaired) electrons. The predicted octanol–water partition coefficient (Wildman–Crippen LogP) is 4.60. The second-order valence-corrected chi connectivity index (χ2v) is 5.90. The fourth-order valence-corrected chi connectivity index (χ4v) is 2.05. The zero-order chi connectivity index (χ0) is 15.5. The van der Waals surface area contributed by atoms with E-state index in [9.17, 15) is 4.79 Å². The third-order valence-electron chi connectivity index (χ3n) is 3.24. The molecule has 0 aliphatic rings. The van der Waals surface area contributed by atoms with Crippen molar-refractivity contribution in [3.05, 3.63) is 53.6 Å². The molecule has 0 N–H and O–H groups in total. The number of benzene rings is 2. The van der Waals surface area contributed by atoms with Crippen LogP contribution < -0.4 is 9.47 Å². The summed E-state index contributed by atoms with van der Waals surface area (Å²) >= 11 is 0. The third kappa shape index (κ3) is 3.63. The third-order valence-corrected chi connectivity index (χ3v) is 3.24. The van der Waals surface area contributed by atoms with Crippen LogP contribution in [-0.4, -0.2) is 13.4 Å². The maximum atomic E-state index is 10.7. The lowest BCUT2D eigenvalue weighted by Gasteiger charge is -2.23. The Morgan fingerprint density at radius 3 is 2.10 bits per heavy atom. The molecule has 3 heteroatoms. The lowest BCUT2D eigenvalue weighted by molar-refractivity contribution is 0.112. The highest BCUT2D eigenvalue weighted by Crippen LogP contribution is 2.36. The molecule has 2 rings (SSSR count). The van der Waals surface area contributed by atoms with Crippen molar-refractivity contribution >= 4 is 6.29 Å². The van der Waals surface area contributed by atoms with Gasteiger partial charge in [0.05, 0.1) is 7.11 Å². The van der Waals surface area contributed by atoms with E-state index in [-0.39, 0.29) is 5.41 Å². The van der Waals surface area contributed by atoms with Crippen molar-refractivity contribution in [2.45, 2.75) is 26.2 Å². The monoisotopic (exact) mass is 284 g/mol. The Bertz CT molecular complexity index is 622. The highest BCUT2D eigenvalue weighted by Gasteiger charge is 2.20. The van der Waals surface area contributed by atoms with Crippen LogP contribution >= 0.6 is 0 Å². The van der Waals surface area contributed by atoms with E-state index in [4.69, 9.17) is 9.47 Å². The highest BCUT2D eigenvalue weighted by molar-refractivity contribution is 5.74. The van der Waals surface area contributed by atoms with Gasteiger partial charge in [-0.05, 0) is 47.9 Å². The van der Waals surface area contributed by atoms with Crippen molar-refractivity contribution < 1.29 is 14.3 Å². The van der Waals surface area contributed by atoms with Gasteiger partial charge in [0, 0.05) is 11.1 Å². The standard InChI is InChI=1S/C18H20O3/c1-18(2,3)16-11-15(20-4)9-10-17(16)21-14-7-5-13(12-19)6-8-14/h5-12H,1-4H3. The van der Waals surface area contributed by atoms with Crippen molar-refractivity contribution in [1.82, 2.24) is 0 Å². The van der Waals surface area contributed by atoms with E-state index >= 15 is 0 Å². The van der Waals surface area contributed by atoms with Gasteiger partial charge >= 0.3 is 0 Å². The molecule has 0 aliphatic heterocycles. The molecule has 0 amide bonds. The van der Waals surface area contributed by atoms with Crippen LogP contribution in [0, 0.1) is 0 Å². The lowest BCUT2D eigenvalue weighted by atomic mass is 9.86. The molecule has 0 saturated heterocycles. The van der Waals surface area contributed by atoms with Gasteiger partial charge in [0.25, 0.3) is 0 Å². The van der Waals surface area contributed by atoms with E-state index in [0.717, 1.165) is 23.3 Å². The molecular weight excluding hydrogens is 264 g/mol. The van der Waals surface area contributed by atoms with Gasteiger partial charge in [0.1, 0.15) is 23.5 Å². The van der Waals surface area contributed by atoms with Gasteiger partial charge in [-0.3, -0.25) is 4.79 Å². The van der Waals surface area contributed by atoms with Crippen LogP contribution in [0.2, 0.25) is 0 Å². The minimum atomic E-state index is -0.0629. The van der Waals surface area contributed by atoms with Crippen LogP contribution in [0.1, 0.15) is 36.7 Å². The van der Waals surface area contributed by atoms with E-state index in [2.05, 4.69) is 20.8 Å². The summed E-state index contributed by atoms with van der Waals surface area (Å²) in [5.74, 6) is 2.31. The summed E-state index contributed by atoms with van der Waals surface area (Å²) in [4.78, 5) is 10.7. The van der Waals surface area contributed by atoms with Crippen LogP contribution in [0.3, 0.4) is 0 Å². The summed E-state index contributed by atoms with van der Waals surface area (Å²) in [6, 6.07) is 12.8. The Hall–Kier alpha value is -2.29. The minimum absolute atomic E-state index is 0.0629. The average molecular weight is 284 g/mol. The molecule has 3 nitrogen and oxygen atoms in total. The second kappa shape index (κ2) is 6.00. The molecule has 0 fully saturated rings. The summed E-state index contributed by atoms with van der Waals surface area (Å²) in [6.45, 7) is 6.39. The molecule has 0 atom stereocenters. The van der Waals surface area contributed by atoms with Crippen LogP contribution in [0.15, 0.2) is 42.5 Å². The van der Waals surface area contributed by atoms with E-state index in [1.54, 1.807) is 31.4 Å². The normalized spacial score (nSPS) is 11.0. The van der Waals surface area contributed by atoms with Gasteiger partial charge in [0.2, 0.25) is 0 Å². The zero-order valence-electron chi connectivity index (χ0n) is 12.8. The predicted molar refractivity (Wildman–Crippen MR) is 83.6 cm³/mol. The smallest absolute Gasteiger partial charge is 0.150 e. The van der Waals surface area contributed by atoms with Gasteiger partial charge in [-0.15, -0.1) is 0 Å². The largest absolute Gasteiger partial charge is 0.497 e. The van der Waals surface area contributed by atoms with E-state index < -0.39 is 0 Å². The quantitative estimate of drug-likeness (QED) is 0.770. The second-order valence-electron chi connectivity index (χ2n) is 5.90. The first kappa shape index (κ1) is 15.1. The maximum Gasteiger partial charge on any atom is 0.150 e. The molecule has 2 aromatic rings. The molecule has 0 bridgehead atoms. The first-order valence-electron chi connectivity index (χ1n) is 6.85. The van der Waals surface area contributed by atoms with Gasteiger partial charge in [-0.2, -0.15) is 0 Å². The fraction of sp³-hybridized carbons (Fsp3) is 0.278. The molecule has 2 aromatic carbocycles. The summed E-state index contributed by atoms with van der Waals surface area (Å²) in [5, 5.41) is 0. The van der Waals surface area contributed by atoms with Crippen LogP contribution in [0.5, 0.6) is 17.2 Å². The van der Waals surface area contributed by atoms with Crippen molar-refractivity contribution in [1.29, 1.82) is 0 Å². The number of methoxy groups -OCH3 is 1. The van der Waals surface area contributed by atoms with Crippen molar-refractivity contribution in [3.63, 3.8) is 0 Å². The molecule has 21 heavy (non-hydrogen) atoms. The first-order chi connectivity index (χ1) is 9.94. The molecule has 0 saturated carbocycles. The Balaban J connectivity index is 2.36. The number of aldehydes is 1. The van der Waals surface area contributed by atoms with Crippen LogP contribution in [-0.2, 0) is 5.41 Å². The summed E-state index contributed by atoms with van der Waals surface area (Å²) in [6.07, 6.45) is 0.817. The molecule has 0 aliphatic carbocycles. The van der Waals surface area contributed by atoms with Gasteiger partial charge < -0.3 is 9.47 Å². The van der Waals surface area contributed by atoms with E-state index in [1.165, 1.54) is 0 Å². The topological polar surface area (TPSA) is 35.5 Å². The number of rotatable bonds is 4. The summed E-state index contributed by atoms with van der Waals surface area (Å²) in [7, 11) is 1.65. The van der Waals surface area contributed by atoms with Gasteiger partial charge in [-0.1, -0.05) is 20.8 Å². The molecule has 0 heterocycles. The van der Waals surface area contributed by atoms with Gasteiger partial charge in [0.15, 0.2) is 0 Å². The number of ether oxygens (including phenoxy) is 2. The molecule has 110 valence electrons. The minimum Gasteiger partial charge on any atom is -0.497 e. The first-order valence-corrected chi connectivity index (χ1v) is 6.85. The zero-order valence-corrected chi connectivity index (χ0v) is 12.8. The lowest BCUT2D eigenvalue weighted by Crippen LogP contribution is -2.12. The van der Waals surface area contributed by atoms with Gasteiger partial charge in [-0.25, -0.2) is 0 Å². The SMILES string of the molecule is COc1ccc(Oc2ccc(C=O)cc2)c(C(C)(C)C)c1. The van der Waals surface area contributed by atoms with Crippen LogP contribution in [0.4, 0.5) is 0 Å². The highest BCUT2D eigenvalue weighted by atomic mass is 16.5. The Labute approximate surface area is 125 Å². The number of hydrogen-bond acceptors (Lipinski definition) is 3. The van der Waals surface area contributed by atoms with E-state index in [1.807, 2.05) is 18.2 Å². The Morgan fingerprint density at radius 1 is 0.952 bits per heavy atom. The van der Waals surface area contributed by atoms with E-state index in [0.29, 0.717) is 11.3 Å². The maximum absolute atomic E-state index is 10.7. The number of carbonyl (C=O) groups excluding carboxylic acids is 1.